The third-order valence-corrected chi connectivity index (χ3v) is 3.67. The van der Waals surface area contributed by atoms with Gasteiger partial charge < -0.3 is 11.1 Å². The summed E-state index contributed by atoms with van der Waals surface area (Å²) in [6.07, 6.45) is 2.21. The summed E-state index contributed by atoms with van der Waals surface area (Å²) in [6, 6.07) is 3.30. The van der Waals surface area contributed by atoms with Crippen molar-refractivity contribution in [2.75, 3.05) is 6.54 Å². The molecule has 104 valence electrons. The second-order valence-corrected chi connectivity index (χ2v) is 5.66. The Kier molecular flexibility index (Phi) is 4.75. The fraction of sp³-hybridized carbons (Fsp3) is 0.231. The van der Waals surface area contributed by atoms with Crippen molar-refractivity contribution in [3.05, 3.63) is 45.7 Å². The smallest absolute Gasteiger partial charge is 0.269 e. The summed E-state index contributed by atoms with van der Waals surface area (Å²) < 4.78 is 0. The van der Waals surface area contributed by atoms with Crippen molar-refractivity contribution in [1.82, 2.24) is 15.3 Å². The van der Waals surface area contributed by atoms with Gasteiger partial charge in [-0.3, -0.25) is 9.78 Å². The molecular weight excluding hydrogens is 292 g/mol. The molecule has 1 amide bonds. The molecule has 0 aliphatic heterocycles. The van der Waals surface area contributed by atoms with E-state index in [0.29, 0.717) is 24.2 Å². The molecule has 0 aliphatic rings. The lowest BCUT2D eigenvalue weighted by atomic mass is 10.2. The Hall–Kier alpha value is -1.86. The minimum absolute atomic E-state index is 0.216. The van der Waals surface area contributed by atoms with Crippen LogP contribution in [0, 0.1) is 6.92 Å². The van der Waals surface area contributed by atoms with E-state index >= 15 is 0 Å². The highest BCUT2D eigenvalue weighted by Crippen LogP contribution is 2.08. The summed E-state index contributed by atoms with van der Waals surface area (Å²) >= 11 is 6.43. The first kappa shape index (κ1) is 14.5. The van der Waals surface area contributed by atoms with Gasteiger partial charge in [0.05, 0.1) is 10.7 Å². The van der Waals surface area contributed by atoms with E-state index in [9.17, 15) is 4.79 Å². The maximum absolute atomic E-state index is 11.9. The van der Waals surface area contributed by atoms with Gasteiger partial charge in [0.25, 0.3) is 5.91 Å². The van der Waals surface area contributed by atoms with Gasteiger partial charge in [-0.05, 0) is 19.1 Å². The Balaban J connectivity index is 1.86. The fourth-order valence-electron chi connectivity index (χ4n) is 1.59. The summed E-state index contributed by atoms with van der Waals surface area (Å²) in [5, 5.41) is 5.83. The molecule has 0 bridgehead atoms. The van der Waals surface area contributed by atoms with Crippen molar-refractivity contribution in [2.24, 2.45) is 5.73 Å². The highest BCUT2D eigenvalue weighted by molar-refractivity contribution is 7.80. The van der Waals surface area contributed by atoms with E-state index in [1.807, 2.05) is 12.3 Å². The molecule has 0 spiro atoms. The number of carbonyl (C=O) groups is 1. The number of nitrogens with one attached hydrogen (secondary N) is 1. The first-order valence-electron chi connectivity index (χ1n) is 6.01. The number of pyridine rings is 1. The van der Waals surface area contributed by atoms with Gasteiger partial charge in [-0.15, -0.1) is 11.3 Å². The molecule has 7 heteroatoms. The molecule has 0 aromatic carbocycles. The van der Waals surface area contributed by atoms with Crippen molar-refractivity contribution in [2.45, 2.75) is 13.3 Å². The molecule has 2 rings (SSSR count). The van der Waals surface area contributed by atoms with Gasteiger partial charge in [-0.1, -0.05) is 12.2 Å². The molecule has 2 aromatic heterocycles. The van der Waals surface area contributed by atoms with Crippen LogP contribution in [0.15, 0.2) is 23.7 Å². The van der Waals surface area contributed by atoms with E-state index in [-0.39, 0.29) is 10.9 Å². The van der Waals surface area contributed by atoms with Crippen LogP contribution in [0.4, 0.5) is 0 Å². The summed E-state index contributed by atoms with van der Waals surface area (Å²) in [5.41, 5.74) is 7.46. The maximum atomic E-state index is 11.9. The lowest BCUT2D eigenvalue weighted by Gasteiger charge is -2.04. The highest BCUT2D eigenvalue weighted by Gasteiger charge is 2.07. The predicted molar refractivity (Wildman–Crippen MR) is 83.0 cm³/mol. The molecule has 0 saturated carbocycles. The van der Waals surface area contributed by atoms with Crippen molar-refractivity contribution >= 4 is 34.5 Å². The van der Waals surface area contributed by atoms with Crippen molar-refractivity contribution in [3.63, 3.8) is 0 Å². The van der Waals surface area contributed by atoms with Crippen LogP contribution in [0.2, 0.25) is 0 Å². The van der Waals surface area contributed by atoms with Crippen LogP contribution < -0.4 is 11.1 Å². The SMILES string of the molecule is Cc1nc(CCNC(=O)c2ccc(C(N)=S)cn2)cs1. The van der Waals surface area contributed by atoms with Crippen LogP contribution in [0.3, 0.4) is 0 Å². The molecule has 5 nitrogen and oxygen atoms in total. The first-order chi connectivity index (χ1) is 9.56. The van der Waals surface area contributed by atoms with Gasteiger partial charge in [0.2, 0.25) is 0 Å². The molecule has 3 N–H and O–H groups in total. The van der Waals surface area contributed by atoms with E-state index in [1.165, 1.54) is 6.20 Å². The van der Waals surface area contributed by atoms with Crippen LogP contribution in [-0.4, -0.2) is 27.4 Å². The average Bonchev–Trinajstić information content (AvgIpc) is 2.84. The van der Waals surface area contributed by atoms with E-state index in [2.05, 4.69) is 15.3 Å². The normalized spacial score (nSPS) is 10.2. The molecular formula is C13H14N4OS2. The number of nitrogens with zero attached hydrogens (tertiary/aromatic N) is 2. The highest BCUT2D eigenvalue weighted by atomic mass is 32.1. The molecule has 0 atom stereocenters. The zero-order valence-electron chi connectivity index (χ0n) is 10.9. The largest absolute Gasteiger partial charge is 0.389 e. The number of aryl methyl sites for hydroxylation is 1. The first-order valence-corrected chi connectivity index (χ1v) is 7.30. The van der Waals surface area contributed by atoms with Crippen molar-refractivity contribution in [1.29, 1.82) is 0 Å². The molecule has 0 radical (unpaired) electrons. The molecule has 0 unspecified atom stereocenters. The summed E-state index contributed by atoms with van der Waals surface area (Å²) in [6.45, 7) is 2.49. The number of hydrogen-bond acceptors (Lipinski definition) is 5. The Morgan fingerprint density at radius 3 is 2.85 bits per heavy atom. The van der Waals surface area contributed by atoms with Crippen molar-refractivity contribution in [3.8, 4) is 0 Å². The van der Waals surface area contributed by atoms with Crippen LogP contribution in [0.5, 0.6) is 0 Å². The Bertz CT molecular complexity index is 622. The van der Waals surface area contributed by atoms with Gasteiger partial charge >= 0.3 is 0 Å². The zero-order chi connectivity index (χ0) is 14.5. The van der Waals surface area contributed by atoms with Gasteiger partial charge in [0.15, 0.2) is 0 Å². The molecule has 2 heterocycles. The standard InChI is InChI=1S/C13H14N4OS2/c1-8-17-10(7-20-8)4-5-15-13(18)11-3-2-9(6-16-11)12(14)19/h2-3,6-7H,4-5H2,1H3,(H2,14,19)(H,15,18). The third kappa shape index (κ3) is 3.82. The zero-order valence-corrected chi connectivity index (χ0v) is 12.6. The summed E-state index contributed by atoms with van der Waals surface area (Å²) in [5.74, 6) is -0.216. The van der Waals surface area contributed by atoms with Gasteiger partial charge in [-0.2, -0.15) is 0 Å². The maximum Gasteiger partial charge on any atom is 0.269 e. The monoisotopic (exact) mass is 306 g/mol. The van der Waals surface area contributed by atoms with E-state index < -0.39 is 0 Å². The number of amides is 1. The second kappa shape index (κ2) is 6.53. The quantitative estimate of drug-likeness (QED) is 0.817. The minimum Gasteiger partial charge on any atom is -0.389 e. The summed E-state index contributed by atoms with van der Waals surface area (Å²) in [7, 11) is 0. The summed E-state index contributed by atoms with van der Waals surface area (Å²) in [4.78, 5) is 20.5. The van der Waals surface area contributed by atoms with Gasteiger partial charge in [0.1, 0.15) is 10.7 Å². The lowest BCUT2D eigenvalue weighted by molar-refractivity contribution is 0.0949. The van der Waals surface area contributed by atoms with Gasteiger partial charge in [-0.25, -0.2) is 4.98 Å². The number of rotatable bonds is 5. The molecule has 0 saturated heterocycles. The molecule has 0 aliphatic carbocycles. The number of thiazole rings is 1. The van der Waals surface area contributed by atoms with Crippen LogP contribution >= 0.6 is 23.6 Å². The number of hydrogen-bond donors (Lipinski definition) is 2. The number of nitrogens with two attached hydrogens (primary N) is 1. The molecule has 2 aromatic rings. The van der Waals surface area contributed by atoms with Crippen molar-refractivity contribution < 1.29 is 4.79 Å². The minimum atomic E-state index is -0.216. The molecule has 0 fully saturated rings. The van der Waals surface area contributed by atoms with E-state index in [1.54, 1.807) is 23.5 Å². The molecule has 20 heavy (non-hydrogen) atoms. The van der Waals surface area contributed by atoms with Gasteiger partial charge in [0, 0.05) is 30.1 Å². The Morgan fingerprint density at radius 2 is 2.30 bits per heavy atom. The average molecular weight is 306 g/mol. The number of aromatic nitrogens is 2. The number of carbonyl (C=O) groups excluding carboxylic acids is 1. The third-order valence-electron chi connectivity index (χ3n) is 2.61. The second-order valence-electron chi connectivity index (χ2n) is 4.16. The predicted octanol–water partition coefficient (Wildman–Crippen LogP) is 1.45. The topological polar surface area (TPSA) is 80.9 Å². The fourth-order valence-corrected chi connectivity index (χ4v) is 2.36. The number of thiocarbonyl (C=S) groups is 1. The van der Waals surface area contributed by atoms with Crippen LogP contribution in [0.1, 0.15) is 26.8 Å². The van der Waals surface area contributed by atoms with E-state index in [4.69, 9.17) is 18.0 Å². The van der Waals surface area contributed by atoms with Crippen LogP contribution in [-0.2, 0) is 6.42 Å². The van der Waals surface area contributed by atoms with Crippen LogP contribution in [0.25, 0.3) is 0 Å². The lowest BCUT2D eigenvalue weighted by Crippen LogP contribution is -2.26. The Labute approximate surface area is 126 Å². The van der Waals surface area contributed by atoms with E-state index in [0.717, 1.165) is 10.7 Å². The Morgan fingerprint density at radius 1 is 1.50 bits per heavy atom.